The van der Waals surface area contributed by atoms with E-state index in [1.807, 2.05) is 6.08 Å². The van der Waals surface area contributed by atoms with Gasteiger partial charge in [-0.2, -0.15) is 0 Å². The summed E-state index contributed by atoms with van der Waals surface area (Å²) in [6, 6.07) is -2.62. The van der Waals surface area contributed by atoms with Crippen LogP contribution in [0.5, 0.6) is 0 Å². The van der Waals surface area contributed by atoms with Gasteiger partial charge >= 0.3 is 5.97 Å². The first kappa shape index (κ1) is 102. The van der Waals surface area contributed by atoms with E-state index in [1.165, 1.54) is 295 Å². The smallest absolute Gasteiger partial charge is 0.364 e. The van der Waals surface area contributed by atoms with Gasteiger partial charge in [0.25, 0.3) is 5.79 Å². The molecule has 0 radical (unpaired) electrons. The van der Waals surface area contributed by atoms with Gasteiger partial charge in [0, 0.05) is 19.8 Å². The highest BCUT2D eigenvalue weighted by Crippen LogP contribution is 2.39. The summed E-state index contributed by atoms with van der Waals surface area (Å²) in [5, 5.41) is 137. The van der Waals surface area contributed by atoms with Crippen molar-refractivity contribution in [3.8, 4) is 0 Å². The number of aliphatic hydroxyl groups is 11. The Balaban J connectivity index is 1.41. The Kier molecular flexibility index (Phi) is 60.5. The normalized spacial score (nSPS) is 25.6. The number of hydrogen-bond acceptors (Lipinski definition) is 20. The fourth-order valence-electron chi connectivity index (χ4n) is 15.9. The number of aliphatic hydroxyl groups excluding tert-OH is 11. The van der Waals surface area contributed by atoms with E-state index in [0.717, 1.165) is 51.9 Å². The van der Waals surface area contributed by atoms with E-state index >= 15 is 0 Å². The van der Waals surface area contributed by atoms with Crippen molar-refractivity contribution in [2.45, 2.75) is 497 Å². The molecule has 23 heteroatoms. The zero-order valence-electron chi connectivity index (χ0n) is 69.1. The van der Waals surface area contributed by atoms with Crippen molar-refractivity contribution in [2.75, 3.05) is 26.4 Å². The maximum atomic E-state index is 13.6. The molecule has 3 rings (SSSR count). The number of allylic oxidation sites excluding steroid dienone is 1. The lowest BCUT2D eigenvalue weighted by molar-refractivity contribution is -0.386. The first-order valence-corrected chi connectivity index (χ1v) is 45.1. The van der Waals surface area contributed by atoms with Crippen LogP contribution in [0.4, 0.5) is 0 Å². The number of aliphatic carboxylic acids is 1. The number of carboxylic acid groups (broad SMARTS) is 1. The zero-order valence-corrected chi connectivity index (χ0v) is 69.1. The summed E-state index contributed by atoms with van der Waals surface area (Å²) in [7, 11) is 0. The number of carboxylic acids is 1. The summed E-state index contributed by atoms with van der Waals surface area (Å²) in [6.07, 6.45) is 45.7. The van der Waals surface area contributed by atoms with Crippen LogP contribution in [0, 0.1) is 0 Å². The number of unbranched alkanes of at least 4 members (excludes halogenated alkanes) is 53. The third-order valence-corrected chi connectivity index (χ3v) is 23.0. The Bertz CT molecular complexity index is 2220. The lowest BCUT2D eigenvalue weighted by Gasteiger charge is -2.50. The molecule has 110 heavy (non-hydrogen) atoms. The van der Waals surface area contributed by atoms with Crippen LogP contribution in [0.3, 0.4) is 0 Å². The summed E-state index contributed by atoms with van der Waals surface area (Å²) >= 11 is 0. The SMILES string of the molecule is CCCCCCCCCCCCCCCCCCC/C=C/C(O)C(COC1OC(CO)C(OC2OC(CO)C(O)C(OC3(C(=O)O)CC(O)C(NC(C)=O)C(C(O)C(O)CO)O3)C2O)C(O)C1O)NC(=O)CCCCCCCCCCCCCCCCCCCCCCCCCCCCCCCCCCCCCCC. The molecule has 648 valence electrons. The predicted octanol–water partition coefficient (Wildman–Crippen LogP) is 14.1. The molecule has 14 N–H and O–H groups in total. The molecule has 3 saturated heterocycles. The Morgan fingerprint density at radius 2 is 0.845 bits per heavy atom. The lowest BCUT2D eigenvalue weighted by Crippen LogP contribution is -2.70. The van der Waals surface area contributed by atoms with E-state index in [0.29, 0.717) is 12.8 Å². The predicted molar refractivity (Wildman–Crippen MR) is 431 cm³/mol. The molecular weight excluding hydrogens is 1410 g/mol. The van der Waals surface area contributed by atoms with Crippen molar-refractivity contribution < 1.29 is 104 Å². The summed E-state index contributed by atoms with van der Waals surface area (Å²) in [6.45, 7) is 2.21. The van der Waals surface area contributed by atoms with Crippen LogP contribution >= 0.6 is 0 Å². The van der Waals surface area contributed by atoms with Crippen LogP contribution in [-0.4, -0.2) is 215 Å². The van der Waals surface area contributed by atoms with E-state index in [-0.39, 0.29) is 12.3 Å². The molecule has 3 aliphatic heterocycles. The summed E-state index contributed by atoms with van der Waals surface area (Å²) in [5.74, 6) is -6.13. The minimum absolute atomic E-state index is 0.206. The van der Waals surface area contributed by atoms with Crippen molar-refractivity contribution in [3.05, 3.63) is 12.2 Å². The summed E-state index contributed by atoms with van der Waals surface area (Å²) in [4.78, 5) is 38.8. The van der Waals surface area contributed by atoms with Gasteiger partial charge in [-0.05, 0) is 19.3 Å². The quantitative estimate of drug-likeness (QED) is 0.0199. The van der Waals surface area contributed by atoms with Crippen molar-refractivity contribution in [1.82, 2.24) is 10.6 Å². The average Bonchev–Trinajstić information content (AvgIpc) is 0.753. The Morgan fingerprint density at radius 3 is 1.21 bits per heavy atom. The van der Waals surface area contributed by atoms with Crippen molar-refractivity contribution >= 4 is 17.8 Å². The van der Waals surface area contributed by atoms with E-state index in [4.69, 9.17) is 28.4 Å². The fraction of sp³-hybridized carbons (Fsp3) is 0.943. The zero-order chi connectivity index (χ0) is 80.3. The molecule has 3 heterocycles. The number of nitrogens with one attached hydrogen (secondary N) is 2. The first-order chi connectivity index (χ1) is 53.4. The maximum Gasteiger partial charge on any atom is 0.364 e. The second-order valence-corrected chi connectivity index (χ2v) is 32.8. The van der Waals surface area contributed by atoms with Gasteiger partial charge in [0.15, 0.2) is 12.6 Å². The number of ether oxygens (including phenoxy) is 6. The molecular formula is C87H164N2O21. The van der Waals surface area contributed by atoms with E-state index < -0.39 is 155 Å². The molecule has 0 aromatic carbocycles. The van der Waals surface area contributed by atoms with Crippen LogP contribution in [0.15, 0.2) is 12.2 Å². The third-order valence-electron chi connectivity index (χ3n) is 23.0. The molecule has 0 aliphatic carbocycles. The standard InChI is InChI=1S/C87H164N2O21/c1-4-6-8-10-12-14-16-18-20-22-24-25-26-27-28-29-30-31-32-33-34-35-36-37-38-39-40-41-43-45-47-49-51-53-55-57-59-61-74(97)89-68(69(94)60-58-56-54-52-50-48-46-44-42-23-21-19-17-15-13-11-9-7-5-2)66-105-84-79(101)78(100)81(73(65-92)107-84)108-85-80(102)83(77(99)72(64-91)106-85)110-87(86(103)104)62-70(95)75(88-67(3)93)82(109-87)76(98)71(96)63-90/h58,60,68-73,75-85,90-92,94-96,98-102H,4-57,59,61-66H2,1-3H3,(H,88,93)(H,89,97)(H,103,104)/b60-58+. The Hall–Kier alpha value is -2.53. The number of carbonyl (C=O) groups is 3. The molecule has 0 aromatic rings. The van der Waals surface area contributed by atoms with Gasteiger partial charge in [0.2, 0.25) is 11.8 Å². The van der Waals surface area contributed by atoms with Crippen LogP contribution in [0.25, 0.3) is 0 Å². The Labute approximate surface area is 664 Å². The molecule has 23 nitrogen and oxygen atoms in total. The molecule has 2 amide bonds. The highest BCUT2D eigenvalue weighted by Gasteiger charge is 2.60. The summed E-state index contributed by atoms with van der Waals surface area (Å²) < 4.78 is 35.0. The summed E-state index contributed by atoms with van der Waals surface area (Å²) in [5.41, 5.74) is 0. The van der Waals surface area contributed by atoms with Crippen molar-refractivity contribution in [1.29, 1.82) is 0 Å². The molecule has 0 saturated carbocycles. The van der Waals surface area contributed by atoms with Crippen LogP contribution in [0.1, 0.15) is 387 Å². The monoisotopic (exact) mass is 1570 g/mol. The minimum atomic E-state index is -3.08. The second-order valence-electron chi connectivity index (χ2n) is 32.8. The third kappa shape index (κ3) is 44.1. The van der Waals surface area contributed by atoms with Gasteiger partial charge in [0.1, 0.15) is 67.1 Å². The highest BCUT2D eigenvalue weighted by atomic mass is 16.8. The average molecular weight is 1570 g/mol. The second kappa shape index (κ2) is 65.5. The topological polar surface area (TPSA) is 373 Å². The number of rotatable bonds is 73. The largest absolute Gasteiger partial charge is 0.477 e. The van der Waals surface area contributed by atoms with Crippen LogP contribution in [-0.2, 0) is 42.8 Å². The van der Waals surface area contributed by atoms with Crippen LogP contribution in [0.2, 0.25) is 0 Å². The van der Waals surface area contributed by atoms with Gasteiger partial charge in [-0.1, -0.05) is 360 Å². The molecule has 3 aliphatic rings. The molecule has 18 unspecified atom stereocenters. The number of hydrogen-bond donors (Lipinski definition) is 14. The highest BCUT2D eigenvalue weighted by molar-refractivity contribution is 5.77. The Morgan fingerprint density at radius 1 is 0.473 bits per heavy atom. The van der Waals surface area contributed by atoms with Gasteiger partial charge in [0.05, 0.1) is 50.7 Å². The minimum Gasteiger partial charge on any atom is -0.477 e. The molecule has 3 fully saturated rings. The molecule has 0 aromatic heterocycles. The van der Waals surface area contributed by atoms with Gasteiger partial charge in [-0.15, -0.1) is 0 Å². The molecule has 0 spiro atoms. The number of carbonyl (C=O) groups excluding carboxylic acids is 2. The van der Waals surface area contributed by atoms with E-state index in [1.54, 1.807) is 6.08 Å². The number of amides is 2. The maximum absolute atomic E-state index is 13.6. The van der Waals surface area contributed by atoms with Gasteiger partial charge < -0.3 is 100 Å². The van der Waals surface area contributed by atoms with Gasteiger partial charge in [-0.25, -0.2) is 4.79 Å². The van der Waals surface area contributed by atoms with Crippen molar-refractivity contribution in [2.24, 2.45) is 0 Å². The van der Waals surface area contributed by atoms with Gasteiger partial charge in [-0.3, -0.25) is 9.59 Å². The molecule has 0 bridgehead atoms. The van der Waals surface area contributed by atoms with Crippen molar-refractivity contribution in [3.63, 3.8) is 0 Å². The fourth-order valence-corrected chi connectivity index (χ4v) is 15.9. The first-order valence-electron chi connectivity index (χ1n) is 45.1. The molecule has 18 atom stereocenters. The van der Waals surface area contributed by atoms with E-state index in [9.17, 15) is 75.7 Å². The van der Waals surface area contributed by atoms with E-state index in [2.05, 4.69) is 24.5 Å². The van der Waals surface area contributed by atoms with Crippen LogP contribution < -0.4 is 10.6 Å². The lowest BCUT2D eigenvalue weighted by atomic mass is 9.88.